The van der Waals surface area contributed by atoms with E-state index < -0.39 is 0 Å². The molecule has 2 aliphatic rings. The maximum atomic E-state index is 12.8. The lowest BCUT2D eigenvalue weighted by atomic mass is 9.84. The van der Waals surface area contributed by atoms with Crippen molar-refractivity contribution in [1.29, 1.82) is 0 Å². The van der Waals surface area contributed by atoms with Gasteiger partial charge < -0.3 is 15.8 Å². The molecule has 0 heterocycles. The van der Waals surface area contributed by atoms with Crippen LogP contribution in [0.15, 0.2) is 24.3 Å². The van der Waals surface area contributed by atoms with Crippen LogP contribution in [0.1, 0.15) is 32.1 Å². The van der Waals surface area contributed by atoms with Gasteiger partial charge in [0.15, 0.2) is 0 Å². The fraction of sp³-hybridized carbons (Fsp3) is 0.611. The Kier molecular flexibility index (Phi) is 6.87. The number of fused-ring (bicyclic) bond motifs is 2. The standard InChI is InChI=1S/C18H25FN2O2.ClH/c19-14-5-7-15(8-6-14)23-10-2-1-9-21-18(22)16-12-3-4-13(11-12)17(16)20;/h5-8,12-13,16-17H,1-4,9-11,20H2,(H,21,22);1H. The summed E-state index contributed by atoms with van der Waals surface area (Å²) in [6.07, 6.45) is 5.19. The molecule has 0 spiro atoms. The molecule has 3 N–H and O–H groups in total. The molecule has 0 aromatic heterocycles. The minimum Gasteiger partial charge on any atom is -0.494 e. The van der Waals surface area contributed by atoms with E-state index in [0.29, 0.717) is 30.7 Å². The minimum absolute atomic E-state index is 0. The fourth-order valence-electron chi connectivity index (χ4n) is 4.00. The zero-order valence-corrected chi connectivity index (χ0v) is 14.6. The summed E-state index contributed by atoms with van der Waals surface area (Å²) in [4.78, 5) is 12.3. The lowest BCUT2D eigenvalue weighted by molar-refractivity contribution is -0.127. The van der Waals surface area contributed by atoms with Gasteiger partial charge in [-0.2, -0.15) is 0 Å². The molecular formula is C18H26ClFN2O2. The lowest BCUT2D eigenvalue weighted by Gasteiger charge is -2.27. The van der Waals surface area contributed by atoms with Gasteiger partial charge in [0.1, 0.15) is 11.6 Å². The number of benzene rings is 1. The van der Waals surface area contributed by atoms with Crippen molar-refractivity contribution in [1.82, 2.24) is 5.32 Å². The molecule has 6 heteroatoms. The monoisotopic (exact) mass is 356 g/mol. The summed E-state index contributed by atoms with van der Waals surface area (Å²) in [6.45, 7) is 1.22. The summed E-state index contributed by atoms with van der Waals surface area (Å²) in [5.41, 5.74) is 6.18. The number of halogens is 2. The number of hydrogen-bond donors (Lipinski definition) is 2. The zero-order valence-electron chi connectivity index (χ0n) is 13.7. The number of rotatable bonds is 7. The third kappa shape index (κ3) is 4.39. The molecule has 1 aromatic carbocycles. The summed E-state index contributed by atoms with van der Waals surface area (Å²) in [5.74, 6) is 1.60. The number of unbranched alkanes of at least 4 members (excludes halogenated alkanes) is 1. The Balaban J connectivity index is 0.00000208. The van der Waals surface area contributed by atoms with Gasteiger partial charge in [0.25, 0.3) is 0 Å². The molecule has 0 saturated heterocycles. The number of hydrogen-bond acceptors (Lipinski definition) is 3. The molecule has 3 rings (SSSR count). The summed E-state index contributed by atoms with van der Waals surface area (Å²) < 4.78 is 18.3. The molecule has 0 aliphatic heterocycles. The summed E-state index contributed by atoms with van der Waals surface area (Å²) in [5, 5.41) is 3.02. The van der Waals surface area contributed by atoms with Crippen LogP contribution in [0.3, 0.4) is 0 Å². The van der Waals surface area contributed by atoms with Gasteiger partial charge in [-0.05, 0) is 68.2 Å². The van der Waals surface area contributed by atoms with Crippen LogP contribution in [0.2, 0.25) is 0 Å². The Morgan fingerprint density at radius 3 is 2.58 bits per heavy atom. The number of amides is 1. The normalized spacial score (nSPS) is 27.6. The first kappa shape index (κ1) is 19.0. The first-order valence-electron chi connectivity index (χ1n) is 8.57. The van der Waals surface area contributed by atoms with E-state index in [-0.39, 0.29) is 36.1 Å². The van der Waals surface area contributed by atoms with Crippen molar-refractivity contribution < 1.29 is 13.9 Å². The Morgan fingerprint density at radius 2 is 1.92 bits per heavy atom. The van der Waals surface area contributed by atoms with Gasteiger partial charge in [0, 0.05) is 12.6 Å². The number of carbonyl (C=O) groups is 1. The highest BCUT2D eigenvalue weighted by Gasteiger charge is 2.48. The molecule has 2 bridgehead atoms. The zero-order chi connectivity index (χ0) is 16.2. The van der Waals surface area contributed by atoms with Crippen LogP contribution in [0, 0.1) is 23.6 Å². The number of nitrogens with one attached hydrogen (secondary N) is 1. The summed E-state index contributed by atoms with van der Waals surface area (Å²) >= 11 is 0. The van der Waals surface area contributed by atoms with Crippen molar-refractivity contribution in [2.45, 2.75) is 38.1 Å². The molecule has 134 valence electrons. The SMILES string of the molecule is Cl.NC1C2CCC(C2)C1C(=O)NCCCCOc1ccc(F)cc1. The smallest absolute Gasteiger partial charge is 0.224 e. The van der Waals surface area contributed by atoms with Crippen molar-refractivity contribution in [2.75, 3.05) is 13.2 Å². The van der Waals surface area contributed by atoms with Crippen molar-refractivity contribution >= 4 is 18.3 Å². The molecule has 0 radical (unpaired) electrons. The second-order valence-electron chi connectivity index (χ2n) is 6.74. The second-order valence-corrected chi connectivity index (χ2v) is 6.74. The van der Waals surface area contributed by atoms with Crippen molar-refractivity contribution in [3.05, 3.63) is 30.1 Å². The third-order valence-corrected chi connectivity index (χ3v) is 5.24. The molecular weight excluding hydrogens is 331 g/mol. The average molecular weight is 357 g/mol. The van der Waals surface area contributed by atoms with E-state index in [2.05, 4.69) is 5.32 Å². The van der Waals surface area contributed by atoms with Crippen LogP contribution < -0.4 is 15.8 Å². The third-order valence-electron chi connectivity index (χ3n) is 5.24. The van der Waals surface area contributed by atoms with Crippen molar-refractivity contribution in [2.24, 2.45) is 23.5 Å². The quantitative estimate of drug-likeness (QED) is 0.738. The van der Waals surface area contributed by atoms with Crippen LogP contribution in [0.4, 0.5) is 4.39 Å². The molecule has 24 heavy (non-hydrogen) atoms. The highest BCUT2D eigenvalue weighted by molar-refractivity contribution is 5.85. The highest BCUT2D eigenvalue weighted by atomic mass is 35.5. The van der Waals surface area contributed by atoms with Gasteiger partial charge in [-0.25, -0.2) is 4.39 Å². The molecule has 2 saturated carbocycles. The van der Waals surface area contributed by atoms with E-state index in [1.165, 1.54) is 18.6 Å². The number of nitrogens with two attached hydrogens (primary N) is 1. The van der Waals surface area contributed by atoms with Gasteiger partial charge in [-0.1, -0.05) is 0 Å². The summed E-state index contributed by atoms with van der Waals surface area (Å²) in [6, 6.07) is 6.05. The van der Waals surface area contributed by atoms with Crippen LogP contribution in [0.25, 0.3) is 0 Å². The van der Waals surface area contributed by atoms with E-state index in [1.54, 1.807) is 12.1 Å². The topological polar surface area (TPSA) is 64.4 Å². The maximum Gasteiger partial charge on any atom is 0.224 e. The fourth-order valence-corrected chi connectivity index (χ4v) is 4.00. The van der Waals surface area contributed by atoms with Gasteiger partial charge in [0.2, 0.25) is 5.91 Å². The largest absolute Gasteiger partial charge is 0.494 e. The van der Waals surface area contributed by atoms with E-state index >= 15 is 0 Å². The molecule has 4 nitrogen and oxygen atoms in total. The van der Waals surface area contributed by atoms with E-state index in [0.717, 1.165) is 25.7 Å². The highest BCUT2D eigenvalue weighted by Crippen LogP contribution is 2.47. The molecule has 1 amide bonds. The van der Waals surface area contributed by atoms with Gasteiger partial charge in [-0.15, -0.1) is 12.4 Å². The Labute approximate surface area is 148 Å². The van der Waals surface area contributed by atoms with Crippen molar-refractivity contribution in [3.8, 4) is 5.75 Å². The maximum absolute atomic E-state index is 12.8. The van der Waals surface area contributed by atoms with Gasteiger partial charge in [0.05, 0.1) is 12.5 Å². The lowest BCUT2D eigenvalue weighted by Crippen LogP contribution is -2.45. The molecule has 2 fully saturated rings. The number of ether oxygens (including phenoxy) is 1. The van der Waals surface area contributed by atoms with Crippen molar-refractivity contribution in [3.63, 3.8) is 0 Å². The average Bonchev–Trinajstić information content (AvgIpc) is 3.13. The van der Waals surface area contributed by atoms with E-state index in [9.17, 15) is 9.18 Å². The molecule has 1 aromatic rings. The molecule has 4 atom stereocenters. The Morgan fingerprint density at radius 1 is 1.21 bits per heavy atom. The van der Waals surface area contributed by atoms with Crippen LogP contribution >= 0.6 is 12.4 Å². The molecule has 4 unspecified atom stereocenters. The first-order valence-corrected chi connectivity index (χ1v) is 8.57. The van der Waals surface area contributed by atoms with Crippen LogP contribution in [0.5, 0.6) is 5.75 Å². The van der Waals surface area contributed by atoms with Gasteiger partial charge in [-0.3, -0.25) is 4.79 Å². The summed E-state index contributed by atoms with van der Waals surface area (Å²) in [7, 11) is 0. The Hall–Kier alpha value is -1.33. The van der Waals surface area contributed by atoms with E-state index in [1.807, 2.05) is 0 Å². The second kappa shape index (κ2) is 8.67. The molecule has 2 aliphatic carbocycles. The minimum atomic E-state index is -0.265. The van der Waals surface area contributed by atoms with Crippen LogP contribution in [-0.2, 0) is 4.79 Å². The Bertz CT molecular complexity index is 538. The predicted octanol–water partition coefficient (Wildman–Crippen LogP) is 2.90. The first-order chi connectivity index (χ1) is 11.1. The predicted molar refractivity (Wildman–Crippen MR) is 93.7 cm³/mol. The number of carbonyl (C=O) groups excluding carboxylic acids is 1. The van der Waals surface area contributed by atoms with Gasteiger partial charge >= 0.3 is 0 Å². The van der Waals surface area contributed by atoms with Crippen LogP contribution in [-0.4, -0.2) is 25.1 Å². The van der Waals surface area contributed by atoms with E-state index in [4.69, 9.17) is 10.5 Å².